The molecule has 0 radical (unpaired) electrons. The lowest BCUT2D eigenvalue weighted by Crippen LogP contribution is -2.44. The van der Waals surface area contributed by atoms with Gasteiger partial charge in [0.15, 0.2) is 5.15 Å². The minimum Gasteiger partial charge on any atom is -0.396 e. The summed E-state index contributed by atoms with van der Waals surface area (Å²) < 4.78 is 0. The van der Waals surface area contributed by atoms with Crippen molar-refractivity contribution >= 4 is 17.3 Å². The monoisotopic (exact) mass is 262 g/mol. The third kappa shape index (κ3) is 1.58. The Kier molecular flexibility index (Phi) is 2.38. The van der Waals surface area contributed by atoms with Crippen molar-refractivity contribution in [2.24, 2.45) is 23.7 Å². The van der Waals surface area contributed by atoms with Crippen LogP contribution in [-0.2, 0) is 0 Å². The molecule has 5 rings (SSSR count). The van der Waals surface area contributed by atoms with Gasteiger partial charge < -0.3 is 5.73 Å². The largest absolute Gasteiger partial charge is 0.396 e. The predicted molar refractivity (Wildman–Crippen MR) is 73.4 cm³/mol. The van der Waals surface area contributed by atoms with E-state index in [4.69, 9.17) is 17.3 Å². The smallest absolute Gasteiger partial charge is 0.152 e. The minimum absolute atomic E-state index is 0.487. The van der Waals surface area contributed by atoms with Crippen LogP contribution in [0.1, 0.15) is 43.7 Å². The molecule has 4 aliphatic rings. The van der Waals surface area contributed by atoms with Crippen LogP contribution in [0.4, 0.5) is 5.69 Å². The molecule has 4 aliphatic carbocycles. The van der Waals surface area contributed by atoms with E-state index in [-0.39, 0.29) is 0 Å². The Bertz CT molecular complexity index is 457. The van der Waals surface area contributed by atoms with E-state index in [2.05, 4.69) is 11.1 Å². The summed E-state index contributed by atoms with van der Waals surface area (Å²) in [6, 6.07) is 4.03. The molecule has 3 heteroatoms. The van der Waals surface area contributed by atoms with Gasteiger partial charge in [-0.25, -0.2) is 4.98 Å². The van der Waals surface area contributed by atoms with Crippen LogP contribution in [0.2, 0.25) is 5.15 Å². The zero-order chi connectivity index (χ0) is 12.3. The highest BCUT2D eigenvalue weighted by atomic mass is 35.5. The quantitative estimate of drug-likeness (QED) is 0.781. The minimum atomic E-state index is 0.487. The molecule has 2 N–H and O–H groups in total. The molecule has 1 aromatic heterocycles. The van der Waals surface area contributed by atoms with Crippen LogP contribution in [0.25, 0.3) is 0 Å². The van der Waals surface area contributed by atoms with Gasteiger partial charge in [0, 0.05) is 11.6 Å². The fourth-order valence-corrected chi connectivity index (χ4v) is 5.21. The number of nitrogens with two attached hydrogens (primary N) is 1. The van der Waals surface area contributed by atoms with Crippen LogP contribution < -0.4 is 5.73 Å². The third-order valence-corrected chi connectivity index (χ3v) is 5.77. The van der Waals surface area contributed by atoms with Gasteiger partial charge in [-0.3, -0.25) is 0 Å². The van der Waals surface area contributed by atoms with E-state index in [9.17, 15) is 0 Å². The Hall–Kier alpha value is -0.760. The van der Waals surface area contributed by atoms with E-state index in [0.29, 0.717) is 16.8 Å². The average molecular weight is 263 g/mol. The Morgan fingerprint density at radius 1 is 1.00 bits per heavy atom. The Labute approximate surface area is 113 Å². The zero-order valence-corrected chi connectivity index (χ0v) is 11.2. The molecule has 0 spiro atoms. The molecule has 1 heterocycles. The van der Waals surface area contributed by atoms with E-state index < -0.39 is 0 Å². The van der Waals surface area contributed by atoms with Gasteiger partial charge in [0.1, 0.15) is 0 Å². The van der Waals surface area contributed by atoms with E-state index >= 15 is 0 Å². The standard InChI is InChI=1S/C15H19ClN2/c16-15-12(17)1-2-13(18-15)14-10-4-8-3-9(6-10)7-11(14)5-8/h1-2,8-11,14H,3-7,17H2. The molecule has 0 aliphatic heterocycles. The Balaban J connectivity index is 1.70. The molecule has 4 fully saturated rings. The molecule has 1 aromatic rings. The average Bonchev–Trinajstić information content (AvgIpc) is 2.32. The highest BCUT2D eigenvalue weighted by Gasteiger charge is 2.49. The van der Waals surface area contributed by atoms with Crippen molar-refractivity contribution in [3.8, 4) is 0 Å². The Morgan fingerprint density at radius 3 is 2.17 bits per heavy atom. The molecule has 96 valence electrons. The molecule has 0 amide bonds. The maximum atomic E-state index is 6.09. The zero-order valence-electron chi connectivity index (χ0n) is 10.5. The molecule has 18 heavy (non-hydrogen) atoms. The lowest BCUT2D eigenvalue weighted by molar-refractivity contribution is -0.00413. The summed E-state index contributed by atoms with van der Waals surface area (Å²) in [4.78, 5) is 4.56. The lowest BCUT2D eigenvalue weighted by Gasteiger charge is -2.54. The molecule has 2 nitrogen and oxygen atoms in total. The number of pyridine rings is 1. The van der Waals surface area contributed by atoms with Crippen molar-refractivity contribution < 1.29 is 0 Å². The number of hydrogen-bond acceptors (Lipinski definition) is 2. The van der Waals surface area contributed by atoms with Gasteiger partial charge in [0.2, 0.25) is 0 Å². The first-order valence-electron chi connectivity index (χ1n) is 7.12. The van der Waals surface area contributed by atoms with Gasteiger partial charge in [-0.1, -0.05) is 11.6 Å². The van der Waals surface area contributed by atoms with Crippen LogP contribution in [0.15, 0.2) is 12.1 Å². The van der Waals surface area contributed by atoms with Crippen molar-refractivity contribution in [1.82, 2.24) is 4.98 Å². The number of rotatable bonds is 1. The van der Waals surface area contributed by atoms with Gasteiger partial charge in [-0.15, -0.1) is 0 Å². The van der Waals surface area contributed by atoms with E-state index in [0.717, 1.165) is 23.7 Å². The molecule has 0 atom stereocenters. The number of halogens is 1. The molecule has 4 bridgehead atoms. The van der Waals surface area contributed by atoms with Crippen LogP contribution in [0.3, 0.4) is 0 Å². The van der Waals surface area contributed by atoms with Crippen LogP contribution in [-0.4, -0.2) is 4.98 Å². The summed E-state index contributed by atoms with van der Waals surface area (Å²) in [7, 11) is 0. The van der Waals surface area contributed by atoms with Crippen LogP contribution >= 0.6 is 11.6 Å². The van der Waals surface area contributed by atoms with Gasteiger partial charge in [-0.05, 0) is 67.9 Å². The number of nitrogens with zero attached hydrogens (tertiary/aromatic N) is 1. The van der Waals surface area contributed by atoms with E-state index in [1.165, 1.54) is 37.8 Å². The fourth-order valence-electron chi connectivity index (χ4n) is 5.05. The lowest BCUT2D eigenvalue weighted by atomic mass is 9.51. The molecule has 0 unspecified atom stereocenters. The first-order valence-corrected chi connectivity index (χ1v) is 7.50. The maximum absolute atomic E-state index is 6.09. The van der Waals surface area contributed by atoms with E-state index in [1.807, 2.05) is 6.07 Å². The summed E-state index contributed by atoms with van der Waals surface area (Å²) >= 11 is 6.09. The van der Waals surface area contributed by atoms with Gasteiger partial charge in [0.05, 0.1) is 5.69 Å². The van der Waals surface area contributed by atoms with Crippen LogP contribution in [0.5, 0.6) is 0 Å². The molecule has 0 saturated heterocycles. The molecule has 0 aromatic carbocycles. The first kappa shape index (κ1) is 11.1. The second-order valence-corrected chi connectivity index (χ2v) is 6.93. The molecular weight excluding hydrogens is 244 g/mol. The van der Waals surface area contributed by atoms with Gasteiger partial charge in [0.25, 0.3) is 0 Å². The highest BCUT2D eigenvalue weighted by molar-refractivity contribution is 6.31. The summed E-state index contributed by atoms with van der Waals surface area (Å²) in [5.74, 6) is 4.37. The van der Waals surface area contributed by atoms with Gasteiger partial charge in [-0.2, -0.15) is 0 Å². The third-order valence-electron chi connectivity index (χ3n) is 5.47. The van der Waals surface area contributed by atoms with Crippen molar-refractivity contribution in [2.45, 2.75) is 38.0 Å². The first-order chi connectivity index (χ1) is 8.70. The Morgan fingerprint density at radius 2 is 1.61 bits per heavy atom. The topological polar surface area (TPSA) is 38.9 Å². The molecular formula is C15H19ClN2. The number of nitrogen functional groups attached to an aromatic ring is 1. The van der Waals surface area contributed by atoms with Crippen molar-refractivity contribution in [3.63, 3.8) is 0 Å². The summed E-state index contributed by atoms with van der Waals surface area (Å²) in [5.41, 5.74) is 7.57. The fraction of sp³-hybridized carbons (Fsp3) is 0.667. The normalized spacial score (nSPS) is 41.3. The van der Waals surface area contributed by atoms with Crippen LogP contribution in [0, 0.1) is 23.7 Å². The van der Waals surface area contributed by atoms with E-state index in [1.54, 1.807) is 0 Å². The second kappa shape index (κ2) is 3.86. The number of aromatic nitrogens is 1. The summed E-state index contributed by atoms with van der Waals surface area (Å²) in [6.45, 7) is 0. The second-order valence-electron chi connectivity index (χ2n) is 6.57. The van der Waals surface area contributed by atoms with Crippen molar-refractivity contribution in [1.29, 1.82) is 0 Å². The SMILES string of the molecule is Nc1ccc(C2C3CC4CC(C3)CC2C4)nc1Cl. The summed E-state index contributed by atoms with van der Waals surface area (Å²) in [6.07, 6.45) is 7.17. The number of anilines is 1. The van der Waals surface area contributed by atoms with Gasteiger partial charge >= 0.3 is 0 Å². The van der Waals surface area contributed by atoms with Crippen molar-refractivity contribution in [3.05, 3.63) is 23.0 Å². The summed E-state index contributed by atoms with van der Waals surface area (Å²) in [5, 5.41) is 0.487. The maximum Gasteiger partial charge on any atom is 0.152 e. The molecule has 4 saturated carbocycles. The highest BCUT2D eigenvalue weighted by Crippen LogP contribution is 2.59. The predicted octanol–water partition coefficient (Wildman–Crippen LogP) is 3.86. The van der Waals surface area contributed by atoms with Crippen molar-refractivity contribution in [2.75, 3.05) is 5.73 Å². The number of hydrogen-bond donors (Lipinski definition) is 1.